The molecule has 0 spiro atoms. The summed E-state index contributed by atoms with van der Waals surface area (Å²) in [5.74, 6) is -0.750. The van der Waals surface area contributed by atoms with Crippen LogP contribution in [0.4, 0.5) is 4.79 Å². The normalized spacial score (nSPS) is 19.5. The van der Waals surface area contributed by atoms with E-state index in [0.29, 0.717) is 0 Å². The lowest BCUT2D eigenvalue weighted by Crippen LogP contribution is -2.47. The predicted molar refractivity (Wildman–Crippen MR) is 71.1 cm³/mol. The van der Waals surface area contributed by atoms with Gasteiger partial charge >= 0.3 is 12.0 Å². The number of hydrogen-bond acceptors (Lipinski definition) is 3. The van der Waals surface area contributed by atoms with Crippen LogP contribution < -0.4 is 10.6 Å². The smallest absolute Gasteiger partial charge is 0.315 e. The lowest BCUT2D eigenvalue weighted by atomic mass is 10.1. The van der Waals surface area contributed by atoms with E-state index in [9.17, 15) is 14.4 Å². The van der Waals surface area contributed by atoms with Gasteiger partial charge in [-0.05, 0) is 31.6 Å². The molecule has 1 aliphatic heterocycles. The molecule has 1 heterocycles. The summed E-state index contributed by atoms with van der Waals surface area (Å²) < 4.78 is 0. The van der Waals surface area contributed by atoms with Crippen molar-refractivity contribution in [1.82, 2.24) is 15.5 Å². The third-order valence-electron chi connectivity index (χ3n) is 3.76. The molecule has 2 rings (SSSR count). The zero-order chi connectivity index (χ0) is 14.5. The Morgan fingerprint density at radius 3 is 2.40 bits per heavy atom. The van der Waals surface area contributed by atoms with E-state index in [1.807, 2.05) is 0 Å². The molecule has 1 saturated heterocycles. The summed E-state index contributed by atoms with van der Waals surface area (Å²) in [6, 6.07) is -0.801. The van der Waals surface area contributed by atoms with Gasteiger partial charge in [0.15, 0.2) is 0 Å². The van der Waals surface area contributed by atoms with Crippen LogP contribution in [0.3, 0.4) is 0 Å². The van der Waals surface area contributed by atoms with Crippen LogP contribution in [0.2, 0.25) is 0 Å². The number of hydrogen-bond donors (Lipinski definition) is 3. The summed E-state index contributed by atoms with van der Waals surface area (Å²) in [6.45, 7) is 1.48. The van der Waals surface area contributed by atoms with E-state index in [1.54, 1.807) is 4.90 Å². The summed E-state index contributed by atoms with van der Waals surface area (Å²) in [4.78, 5) is 35.9. The van der Waals surface area contributed by atoms with Crippen LogP contribution in [0.25, 0.3) is 0 Å². The molecular formula is C13H21N3O4. The molecule has 3 N–H and O–H groups in total. The van der Waals surface area contributed by atoms with E-state index in [2.05, 4.69) is 10.6 Å². The standard InChI is InChI=1S/C13H21N3O4/c17-11(16-5-1-2-6-16)8-14-13(20)15-10(7-12(18)19)9-3-4-9/h9-10H,1-8H2,(H,18,19)(H2,14,15,20). The van der Waals surface area contributed by atoms with E-state index < -0.39 is 12.0 Å². The van der Waals surface area contributed by atoms with Gasteiger partial charge < -0.3 is 20.6 Å². The summed E-state index contributed by atoms with van der Waals surface area (Å²) in [7, 11) is 0. The Balaban J connectivity index is 1.70. The monoisotopic (exact) mass is 283 g/mol. The second-order valence-electron chi connectivity index (χ2n) is 5.46. The first-order chi connectivity index (χ1) is 9.56. The minimum atomic E-state index is -0.921. The van der Waals surface area contributed by atoms with Gasteiger partial charge in [0.2, 0.25) is 5.91 Å². The van der Waals surface area contributed by atoms with E-state index >= 15 is 0 Å². The van der Waals surface area contributed by atoms with Crippen LogP contribution >= 0.6 is 0 Å². The number of likely N-dealkylation sites (tertiary alicyclic amines) is 1. The van der Waals surface area contributed by atoms with E-state index in [4.69, 9.17) is 5.11 Å². The number of carbonyl (C=O) groups is 3. The number of urea groups is 1. The largest absolute Gasteiger partial charge is 0.481 e. The second kappa shape index (κ2) is 6.58. The average molecular weight is 283 g/mol. The van der Waals surface area contributed by atoms with Crippen molar-refractivity contribution < 1.29 is 19.5 Å². The number of nitrogens with one attached hydrogen (secondary N) is 2. The molecule has 1 atom stereocenters. The lowest BCUT2D eigenvalue weighted by molar-refractivity contribution is -0.137. The summed E-state index contributed by atoms with van der Waals surface area (Å²) in [5.41, 5.74) is 0. The SMILES string of the molecule is O=C(O)CC(NC(=O)NCC(=O)N1CCCC1)C1CC1. The molecule has 20 heavy (non-hydrogen) atoms. The highest BCUT2D eigenvalue weighted by molar-refractivity contribution is 5.84. The number of carbonyl (C=O) groups excluding carboxylic acids is 2. The lowest BCUT2D eigenvalue weighted by Gasteiger charge is -2.18. The van der Waals surface area contributed by atoms with Gasteiger partial charge in [-0.1, -0.05) is 0 Å². The van der Waals surface area contributed by atoms with Crippen LogP contribution in [0.1, 0.15) is 32.1 Å². The molecule has 1 saturated carbocycles. The van der Waals surface area contributed by atoms with Crippen molar-refractivity contribution >= 4 is 17.9 Å². The molecule has 0 aromatic heterocycles. The highest BCUT2D eigenvalue weighted by Gasteiger charge is 2.33. The Morgan fingerprint density at radius 1 is 1.20 bits per heavy atom. The zero-order valence-corrected chi connectivity index (χ0v) is 11.4. The number of aliphatic carboxylic acids is 1. The Bertz CT molecular complexity index is 389. The predicted octanol–water partition coefficient (Wildman–Crippen LogP) is 0.161. The first-order valence-electron chi connectivity index (χ1n) is 7.10. The fourth-order valence-electron chi connectivity index (χ4n) is 2.48. The number of carboxylic acids is 1. The van der Waals surface area contributed by atoms with Gasteiger partial charge in [0.1, 0.15) is 0 Å². The van der Waals surface area contributed by atoms with Crippen LogP contribution in [-0.4, -0.2) is 53.6 Å². The van der Waals surface area contributed by atoms with Gasteiger partial charge in [0, 0.05) is 19.1 Å². The van der Waals surface area contributed by atoms with Gasteiger partial charge in [-0.15, -0.1) is 0 Å². The van der Waals surface area contributed by atoms with Crippen molar-refractivity contribution in [2.75, 3.05) is 19.6 Å². The van der Waals surface area contributed by atoms with E-state index in [-0.39, 0.29) is 30.8 Å². The van der Waals surface area contributed by atoms with Crippen LogP contribution in [0.5, 0.6) is 0 Å². The topological polar surface area (TPSA) is 98.7 Å². The Kier molecular flexibility index (Phi) is 4.81. The molecule has 7 heteroatoms. The average Bonchev–Trinajstić information content (AvgIpc) is 3.09. The Labute approximate surface area is 117 Å². The molecule has 1 aliphatic carbocycles. The van der Waals surface area contributed by atoms with Crippen LogP contribution in [0, 0.1) is 5.92 Å². The number of carboxylic acid groups (broad SMARTS) is 1. The molecule has 7 nitrogen and oxygen atoms in total. The molecule has 0 aromatic rings. The maximum atomic E-state index is 11.7. The van der Waals surface area contributed by atoms with Gasteiger partial charge in [-0.25, -0.2) is 4.79 Å². The van der Waals surface area contributed by atoms with Gasteiger partial charge in [-0.2, -0.15) is 0 Å². The molecule has 0 aromatic carbocycles. The molecular weight excluding hydrogens is 262 g/mol. The summed E-state index contributed by atoms with van der Waals surface area (Å²) in [5, 5.41) is 14.0. The van der Waals surface area contributed by atoms with Gasteiger partial charge in [-0.3, -0.25) is 9.59 Å². The molecule has 3 amide bonds. The fraction of sp³-hybridized carbons (Fsp3) is 0.769. The Morgan fingerprint density at radius 2 is 1.85 bits per heavy atom. The second-order valence-corrected chi connectivity index (χ2v) is 5.46. The highest BCUT2D eigenvalue weighted by Crippen LogP contribution is 2.33. The third kappa shape index (κ3) is 4.40. The molecule has 0 bridgehead atoms. The van der Waals surface area contributed by atoms with Crippen LogP contribution in [-0.2, 0) is 9.59 Å². The van der Waals surface area contributed by atoms with Crippen LogP contribution in [0.15, 0.2) is 0 Å². The maximum absolute atomic E-state index is 11.7. The van der Waals surface area contributed by atoms with Crippen molar-refractivity contribution in [3.8, 4) is 0 Å². The first-order valence-corrected chi connectivity index (χ1v) is 7.10. The van der Waals surface area contributed by atoms with Crippen molar-refractivity contribution in [3.63, 3.8) is 0 Å². The quantitative estimate of drug-likeness (QED) is 0.646. The van der Waals surface area contributed by atoms with Crippen molar-refractivity contribution in [2.24, 2.45) is 5.92 Å². The van der Waals surface area contributed by atoms with E-state index in [0.717, 1.165) is 38.8 Å². The summed E-state index contributed by atoms with van der Waals surface area (Å²) >= 11 is 0. The molecule has 1 unspecified atom stereocenters. The van der Waals surface area contributed by atoms with Crippen molar-refractivity contribution in [2.45, 2.75) is 38.1 Å². The maximum Gasteiger partial charge on any atom is 0.315 e. The highest BCUT2D eigenvalue weighted by atomic mass is 16.4. The number of rotatable bonds is 6. The minimum absolute atomic E-state index is 0.0315. The molecule has 112 valence electrons. The summed E-state index contributed by atoms with van der Waals surface area (Å²) in [6.07, 6.45) is 3.86. The minimum Gasteiger partial charge on any atom is -0.481 e. The first kappa shape index (κ1) is 14.6. The third-order valence-corrected chi connectivity index (χ3v) is 3.76. The molecule has 2 fully saturated rings. The van der Waals surface area contributed by atoms with Crippen molar-refractivity contribution in [3.05, 3.63) is 0 Å². The Hall–Kier alpha value is -1.79. The van der Waals surface area contributed by atoms with E-state index in [1.165, 1.54) is 0 Å². The number of nitrogens with zero attached hydrogens (tertiary/aromatic N) is 1. The van der Waals surface area contributed by atoms with Crippen molar-refractivity contribution in [1.29, 1.82) is 0 Å². The number of amides is 3. The fourth-order valence-corrected chi connectivity index (χ4v) is 2.48. The molecule has 0 radical (unpaired) electrons. The zero-order valence-electron chi connectivity index (χ0n) is 11.4. The van der Waals surface area contributed by atoms with Gasteiger partial charge in [0.25, 0.3) is 0 Å². The van der Waals surface area contributed by atoms with Gasteiger partial charge in [0.05, 0.1) is 13.0 Å². The molecule has 2 aliphatic rings.